The van der Waals surface area contributed by atoms with E-state index in [-0.39, 0.29) is 6.61 Å². The van der Waals surface area contributed by atoms with Crippen molar-refractivity contribution in [3.05, 3.63) is 78.0 Å². The molecule has 0 unspecified atom stereocenters. The number of fused-ring (bicyclic) bond motifs is 1. The first kappa shape index (κ1) is 25.0. The predicted molar refractivity (Wildman–Crippen MR) is 146 cm³/mol. The number of hydrogen-bond donors (Lipinski definition) is 3. The number of anilines is 1. The second-order valence-electron chi connectivity index (χ2n) is 9.31. The van der Waals surface area contributed by atoms with E-state index in [9.17, 15) is 9.90 Å². The Morgan fingerprint density at radius 3 is 2.65 bits per heavy atom. The van der Waals surface area contributed by atoms with Crippen molar-refractivity contribution in [3.63, 3.8) is 0 Å². The van der Waals surface area contributed by atoms with Gasteiger partial charge in [0.1, 0.15) is 17.2 Å². The van der Waals surface area contributed by atoms with Crippen LogP contribution >= 0.6 is 0 Å². The summed E-state index contributed by atoms with van der Waals surface area (Å²) in [6.07, 6.45) is 3.60. The topological polar surface area (TPSA) is 105 Å². The molecule has 8 heteroatoms. The zero-order valence-electron chi connectivity index (χ0n) is 20.9. The monoisotopic (exact) mass is 499 g/mol. The standard InChI is InChI=1S/C29H33N5O3/c30-28(36)24-8-2-6-22(19-24)25-9-10-26-32-27(23-7-1-4-21(18-23)5-3-15-35)29(34(26)20-25)31-11-12-33-13-16-37-17-14-33/h1-2,4,6-10,18-20,31,35H,3,5,11-17H2,(H2,30,36). The molecule has 1 aliphatic heterocycles. The van der Waals surface area contributed by atoms with Crippen LogP contribution in [0, 0.1) is 0 Å². The number of aliphatic hydroxyl groups is 1. The molecule has 1 amide bonds. The number of primary amides is 1. The van der Waals surface area contributed by atoms with Gasteiger partial charge in [0, 0.05) is 50.1 Å². The molecule has 4 N–H and O–H groups in total. The van der Waals surface area contributed by atoms with E-state index in [2.05, 4.69) is 39.0 Å². The minimum atomic E-state index is -0.445. The molecule has 37 heavy (non-hydrogen) atoms. The maximum Gasteiger partial charge on any atom is 0.248 e. The molecule has 192 valence electrons. The fraction of sp³-hybridized carbons (Fsp3) is 0.310. The Morgan fingerprint density at radius 1 is 1.03 bits per heavy atom. The smallest absolute Gasteiger partial charge is 0.248 e. The van der Waals surface area contributed by atoms with Crippen molar-refractivity contribution in [2.75, 3.05) is 51.3 Å². The first-order valence-electron chi connectivity index (χ1n) is 12.8. The van der Waals surface area contributed by atoms with Crippen LogP contribution in [0.4, 0.5) is 5.82 Å². The molecule has 1 fully saturated rings. The zero-order chi connectivity index (χ0) is 25.6. The lowest BCUT2D eigenvalue weighted by Gasteiger charge is -2.26. The Labute approximate surface area is 216 Å². The van der Waals surface area contributed by atoms with Crippen LogP contribution in [0.15, 0.2) is 66.9 Å². The number of nitrogens with zero attached hydrogens (tertiary/aromatic N) is 3. The van der Waals surface area contributed by atoms with Crippen molar-refractivity contribution in [1.82, 2.24) is 14.3 Å². The predicted octanol–water partition coefficient (Wildman–Crippen LogP) is 3.44. The number of carbonyl (C=O) groups excluding carboxylic acids is 1. The van der Waals surface area contributed by atoms with E-state index in [0.29, 0.717) is 5.56 Å². The van der Waals surface area contributed by atoms with Crippen molar-refractivity contribution in [3.8, 4) is 22.4 Å². The third-order valence-corrected chi connectivity index (χ3v) is 6.75. The quantitative estimate of drug-likeness (QED) is 0.309. The number of imidazole rings is 1. The lowest BCUT2D eigenvalue weighted by Crippen LogP contribution is -2.39. The maximum atomic E-state index is 11.7. The first-order valence-corrected chi connectivity index (χ1v) is 12.8. The Morgan fingerprint density at radius 2 is 1.84 bits per heavy atom. The molecular formula is C29H33N5O3. The van der Waals surface area contributed by atoms with Crippen molar-refractivity contribution in [1.29, 1.82) is 0 Å². The van der Waals surface area contributed by atoms with Gasteiger partial charge in [-0.1, -0.05) is 30.3 Å². The molecular weight excluding hydrogens is 466 g/mol. The molecule has 2 aromatic carbocycles. The van der Waals surface area contributed by atoms with E-state index in [1.54, 1.807) is 6.07 Å². The molecule has 0 spiro atoms. The van der Waals surface area contributed by atoms with Gasteiger partial charge in [-0.3, -0.25) is 14.1 Å². The van der Waals surface area contributed by atoms with Crippen molar-refractivity contribution in [2.45, 2.75) is 12.8 Å². The van der Waals surface area contributed by atoms with Crippen LogP contribution in [0.3, 0.4) is 0 Å². The van der Waals surface area contributed by atoms with Crippen molar-refractivity contribution >= 4 is 17.4 Å². The number of aliphatic hydroxyl groups excluding tert-OH is 1. The molecule has 1 saturated heterocycles. The van der Waals surface area contributed by atoms with Crippen LogP contribution < -0.4 is 11.1 Å². The highest BCUT2D eigenvalue weighted by Crippen LogP contribution is 2.31. The van der Waals surface area contributed by atoms with Crippen LogP contribution in [0.1, 0.15) is 22.3 Å². The van der Waals surface area contributed by atoms with Gasteiger partial charge in [0.25, 0.3) is 0 Å². The molecule has 2 aromatic heterocycles. The van der Waals surface area contributed by atoms with Gasteiger partial charge in [0.15, 0.2) is 0 Å². The Kier molecular flexibility index (Phi) is 7.79. The number of morpholine rings is 1. The number of amides is 1. The summed E-state index contributed by atoms with van der Waals surface area (Å²) in [5.74, 6) is 0.481. The molecule has 0 aliphatic carbocycles. The number of benzene rings is 2. The number of carbonyl (C=O) groups is 1. The lowest BCUT2D eigenvalue weighted by molar-refractivity contribution is 0.0398. The lowest BCUT2D eigenvalue weighted by atomic mass is 10.0. The summed E-state index contributed by atoms with van der Waals surface area (Å²) in [5.41, 5.74) is 11.8. The summed E-state index contributed by atoms with van der Waals surface area (Å²) in [5, 5.41) is 12.9. The number of nitrogens with one attached hydrogen (secondary N) is 1. The van der Waals surface area contributed by atoms with Gasteiger partial charge in [0.2, 0.25) is 5.91 Å². The highest BCUT2D eigenvalue weighted by Gasteiger charge is 2.17. The van der Waals surface area contributed by atoms with Crippen LogP contribution in [0.2, 0.25) is 0 Å². The summed E-state index contributed by atoms with van der Waals surface area (Å²) < 4.78 is 7.57. The molecule has 0 radical (unpaired) electrons. The van der Waals surface area contributed by atoms with Gasteiger partial charge < -0.3 is 20.9 Å². The number of ether oxygens (including phenoxy) is 1. The van der Waals surface area contributed by atoms with Gasteiger partial charge in [-0.25, -0.2) is 4.98 Å². The summed E-state index contributed by atoms with van der Waals surface area (Å²) in [4.78, 5) is 19.1. The van der Waals surface area contributed by atoms with E-state index in [1.165, 1.54) is 5.56 Å². The molecule has 3 heterocycles. The average Bonchev–Trinajstić information content (AvgIpc) is 3.30. The van der Waals surface area contributed by atoms with Crippen LogP contribution in [-0.2, 0) is 11.2 Å². The van der Waals surface area contributed by atoms with Gasteiger partial charge in [-0.2, -0.15) is 0 Å². The molecule has 0 saturated carbocycles. The van der Waals surface area contributed by atoms with Crippen LogP contribution in [0.25, 0.3) is 28.0 Å². The second kappa shape index (κ2) is 11.6. The molecule has 4 aromatic rings. The van der Waals surface area contributed by atoms with E-state index < -0.39 is 5.91 Å². The maximum absolute atomic E-state index is 11.7. The normalized spacial score (nSPS) is 14.2. The van der Waals surface area contributed by atoms with Crippen LogP contribution in [-0.4, -0.2) is 71.3 Å². The Bertz CT molecular complexity index is 1380. The number of pyridine rings is 1. The van der Waals surface area contributed by atoms with Gasteiger partial charge in [-0.15, -0.1) is 0 Å². The number of nitrogens with two attached hydrogens (primary N) is 1. The second-order valence-corrected chi connectivity index (χ2v) is 9.31. The fourth-order valence-electron chi connectivity index (χ4n) is 4.75. The van der Waals surface area contributed by atoms with E-state index in [0.717, 1.165) is 86.1 Å². The first-order chi connectivity index (χ1) is 18.1. The average molecular weight is 500 g/mol. The molecule has 8 nitrogen and oxygen atoms in total. The van der Waals surface area contributed by atoms with Crippen molar-refractivity contribution in [2.24, 2.45) is 5.73 Å². The summed E-state index contributed by atoms with van der Waals surface area (Å²) in [6, 6.07) is 19.7. The Hall–Kier alpha value is -3.72. The van der Waals surface area contributed by atoms with Crippen LogP contribution in [0.5, 0.6) is 0 Å². The molecule has 0 atom stereocenters. The van der Waals surface area contributed by atoms with E-state index in [4.69, 9.17) is 15.5 Å². The van der Waals surface area contributed by atoms with Gasteiger partial charge in [-0.05, 0) is 59.9 Å². The highest BCUT2D eigenvalue weighted by molar-refractivity contribution is 5.94. The number of hydrogen-bond acceptors (Lipinski definition) is 6. The highest BCUT2D eigenvalue weighted by atomic mass is 16.5. The third kappa shape index (κ3) is 5.83. The number of aromatic nitrogens is 2. The number of aryl methyl sites for hydroxylation is 1. The van der Waals surface area contributed by atoms with E-state index >= 15 is 0 Å². The molecule has 1 aliphatic rings. The summed E-state index contributed by atoms with van der Waals surface area (Å²) in [6.45, 7) is 5.28. The number of rotatable bonds is 10. The van der Waals surface area contributed by atoms with Gasteiger partial charge >= 0.3 is 0 Å². The fourth-order valence-corrected chi connectivity index (χ4v) is 4.75. The minimum absolute atomic E-state index is 0.173. The Balaban J connectivity index is 1.52. The van der Waals surface area contributed by atoms with Gasteiger partial charge in [0.05, 0.1) is 13.2 Å². The summed E-state index contributed by atoms with van der Waals surface area (Å²) in [7, 11) is 0. The van der Waals surface area contributed by atoms with E-state index in [1.807, 2.05) is 36.4 Å². The third-order valence-electron chi connectivity index (χ3n) is 6.75. The molecule has 5 rings (SSSR count). The largest absolute Gasteiger partial charge is 0.396 e. The summed E-state index contributed by atoms with van der Waals surface area (Å²) >= 11 is 0. The van der Waals surface area contributed by atoms with Crippen molar-refractivity contribution < 1.29 is 14.6 Å². The zero-order valence-corrected chi connectivity index (χ0v) is 20.9. The minimum Gasteiger partial charge on any atom is -0.396 e. The molecule has 0 bridgehead atoms. The SMILES string of the molecule is NC(=O)c1cccc(-c2ccc3nc(-c4cccc(CCCO)c4)c(NCCN4CCOCC4)n3c2)c1.